The van der Waals surface area contributed by atoms with Crippen molar-refractivity contribution in [2.45, 2.75) is 0 Å². The molecule has 0 saturated heterocycles. The molecule has 10 aromatic rings. The molecule has 0 aliphatic heterocycles. The summed E-state index contributed by atoms with van der Waals surface area (Å²) in [5.74, 6) is 0. The maximum atomic E-state index is 6.78. The average Bonchev–Trinajstić information content (AvgIpc) is 3.61. The average molecular weight is 664 g/mol. The zero-order valence-electron chi connectivity index (χ0n) is 28.4. The summed E-state index contributed by atoms with van der Waals surface area (Å²) in [7, 11) is 0. The molecule has 0 aliphatic rings. The fourth-order valence-corrected chi connectivity index (χ4v) is 7.70. The molecular formula is C50H33NO. The van der Waals surface area contributed by atoms with Crippen LogP contribution in [0.5, 0.6) is 0 Å². The number of anilines is 3. The van der Waals surface area contributed by atoms with E-state index in [0.29, 0.717) is 0 Å². The van der Waals surface area contributed by atoms with Crippen LogP contribution in [0.15, 0.2) is 205 Å². The summed E-state index contributed by atoms with van der Waals surface area (Å²) < 4.78 is 6.78. The van der Waals surface area contributed by atoms with Crippen LogP contribution in [-0.4, -0.2) is 0 Å². The van der Waals surface area contributed by atoms with Crippen LogP contribution >= 0.6 is 0 Å². The summed E-state index contributed by atoms with van der Waals surface area (Å²) in [6.07, 6.45) is 0. The van der Waals surface area contributed by atoms with E-state index in [1.54, 1.807) is 0 Å². The minimum Gasteiger partial charge on any atom is -0.455 e. The van der Waals surface area contributed by atoms with Crippen molar-refractivity contribution in [1.29, 1.82) is 0 Å². The Balaban J connectivity index is 1.16. The maximum absolute atomic E-state index is 6.78. The highest BCUT2D eigenvalue weighted by Crippen LogP contribution is 2.46. The number of rotatable bonds is 6. The Morgan fingerprint density at radius 1 is 0.346 bits per heavy atom. The topological polar surface area (TPSA) is 16.4 Å². The molecule has 244 valence electrons. The second-order valence-electron chi connectivity index (χ2n) is 13.3. The Morgan fingerprint density at radius 2 is 0.904 bits per heavy atom. The number of nitrogens with zero attached hydrogens (tertiary/aromatic N) is 1. The quantitative estimate of drug-likeness (QED) is 0.176. The van der Waals surface area contributed by atoms with Gasteiger partial charge in [-0.15, -0.1) is 0 Å². The standard InChI is InChI=1S/C50H33NO/c1-3-12-34(13-4-1)36-22-24-37(25-23-36)38-26-29-41(30-27-38)51(42-31-28-35-14-7-8-17-40(35)32-42)47-20-11-21-48-49(47)46-33-45(39-15-5-2-6-16-39)43-18-9-10-19-44(43)50(46)52-48/h1-33H. The zero-order chi connectivity index (χ0) is 34.4. The molecule has 0 aliphatic carbocycles. The molecule has 1 aromatic heterocycles. The van der Waals surface area contributed by atoms with Crippen molar-refractivity contribution in [1.82, 2.24) is 0 Å². The van der Waals surface area contributed by atoms with Gasteiger partial charge in [0.05, 0.1) is 11.1 Å². The number of fused-ring (bicyclic) bond motifs is 6. The van der Waals surface area contributed by atoms with E-state index in [-0.39, 0.29) is 0 Å². The van der Waals surface area contributed by atoms with Crippen LogP contribution in [0.1, 0.15) is 0 Å². The number of furan rings is 1. The molecule has 0 N–H and O–H groups in total. The molecule has 2 heteroatoms. The Labute approximate surface area is 302 Å². The molecular weight excluding hydrogens is 631 g/mol. The molecule has 10 rings (SSSR count). The second-order valence-corrected chi connectivity index (χ2v) is 13.3. The smallest absolute Gasteiger partial charge is 0.143 e. The van der Waals surface area contributed by atoms with Crippen molar-refractivity contribution in [2.75, 3.05) is 4.90 Å². The van der Waals surface area contributed by atoms with E-state index >= 15 is 0 Å². The first-order valence-corrected chi connectivity index (χ1v) is 17.8. The minimum absolute atomic E-state index is 0.865. The lowest BCUT2D eigenvalue weighted by molar-refractivity contribution is 0.672. The van der Waals surface area contributed by atoms with Crippen LogP contribution in [0, 0.1) is 0 Å². The Morgan fingerprint density at radius 3 is 1.62 bits per heavy atom. The van der Waals surface area contributed by atoms with Crippen LogP contribution in [0.3, 0.4) is 0 Å². The van der Waals surface area contributed by atoms with Gasteiger partial charge in [0.25, 0.3) is 0 Å². The van der Waals surface area contributed by atoms with E-state index in [1.807, 2.05) is 0 Å². The Hall–Kier alpha value is -6.90. The van der Waals surface area contributed by atoms with Crippen molar-refractivity contribution in [3.8, 4) is 33.4 Å². The van der Waals surface area contributed by atoms with Gasteiger partial charge in [0.15, 0.2) is 0 Å². The predicted molar refractivity (Wildman–Crippen MR) is 220 cm³/mol. The SMILES string of the molecule is c1ccc(-c2ccc(-c3ccc(N(c4ccc5ccccc5c4)c4cccc5oc6c7ccccc7c(-c7ccccc7)cc6c45)cc3)cc2)cc1. The summed E-state index contributed by atoms with van der Waals surface area (Å²) in [5, 5.41) is 6.90. The monoisotopic (exact) mass is 663 g/mol. The normalized spacial score (nSPS) is 11.5. The number of hydrogen-bond donors (Lipinski definition) is 0. The van der Waals surface area contributed by atoms with Gasteiger partial charge < -0.3 is 9.32 Å². The van der Waals surface area contributed by atoms with E-state index in [2.05, 4.69) is 205 Å². The summed E-state index contributed by atoms with van der Waals surface area (Å²) in [4.78, 5) is 2.38. The first-order chi connectivity index (χ1) is 25.8. The highest BCUT2D eigenvalue weighted by molar-refractivity contribution is 6.22. The molecule has 0 radical (unpaired) electrons. The van der Waals surface area contributed by atoms with Gasteiger partial charge in [-0.05, 0) is 92.0 Å². The van der Waals surface area contributed by atoms with Gasteiger partial charge in [-0.1, -0.05) is 158 Å². The van der Waals surface area contributed by atoms with Crippen molar-refractivity contribution in [3.05, 3.63) is 200 Å². The molecule has 9 aromatic carbocycles. The van der Waals surface area contributed by atoms with Crippen molar-refractivity contribution >= 4 is 60.5 Å². The van der Waals surface area contributed by atoms with E-state index in [4.69, 9.17) is 4.42 Å². The number of benzene rings is 9. The van der Waals surface area contributed by atoms with E-state index in [1.165, 1.54) is 49.5 Å². The van der Waals surface area contributed by atoms with Crippen molar-refractivity contribution < 1.29 is 4.42 Å². The molecule has 0 amide bonds. The fraction of sp³-hybridized carbons (Fsp3) is 0. The third-order valence-corrected chi connectivity index (χ3v) is 10.2. The first kappa shape index (κ1) is 30.0. The van der Waals surface area contributed by atoms with Gasteiger partial charge >= 0.3 is 0 Å². The van der Waals surface area contributed by atoms with Crippen LogP contribution in [0.2, 0.25) is 0 Å². The van der Waals surface area contributed by atoms with E-state index in [9.17, 15) is 0 Å². The molecule has 2 nitrogen and oxygen atoms in total. The van der Waals surface area contributed by atoms with Gasteiger partial charge in [-0.3, -0.25) is 0 Å². The number of hydrogen-bond acceptors (Lipinski definition) is 2. The molecule has 1 heterocycles. The predicted octanol–water partition coefficient (Wildman–Crippen LogP) is 14.4. The van der Waals surface area contributed by atoms with Crippen LogP contribution in [-0.2, 0) is 0 Å². The largest absolute Gasteiger partial charge is 0.455 e. The zero-order valence-corrected chi connectivity index (χ0v) is 28.4. The summed E-state index contributed by atoms with van der Waals surface area (Å²) in [6.45, 7) is 0. The van der Waals surface area contributed by atoms with Crippen LogP contribution < -0.4 is 4.90 Å². The lowest BCUT2D eigenvalue weighted by Crippen LogP contribution is -2.10. The third-order valence-electron chi connectivity index (χ3n) is 10.2. The Bertz CT molecular complexity index is 2870. The highest BCUT2D eigenvalue weighted by Gasteiger charge is 2.22. The minimum atomic E-state index is 0.865. The summed E-state index contributed by atoms with van der Waals surface area (Å²) in [6, 6.07) is 71.6. The maximum Gasteiger partial charge on any atom is 0.143 e. The van der Waals surface area contributed by atoms with Crippen molar-refractivity contribution in [2.24, 2.45) is 0 Å². The Kier molecular flexibility index (Phi) is 7.18. The van der Waals surface area contributed by atoms with E-state index in [0.717, 1.165) is 44.4 Å². The molecule has 0 atom stereocenters. The lowest BCUT2D eigenvalue weighted by Gasteiger charge is -2.27. The highest BCUT2D eigenvalue weighted by atomic mass is 16.3. The van der Waals surface area contributed by atoms with Gasteiger partial charge in [-0.2, -0.15) is 0 Å². The summed E-state index contributed by atoms with van der Waals surface area (Å²) in [5.41, 5.74) is 12.2. The molecule has 0 spiro atoms. The van der Waals surface area contributed by atoms with Crippen LogP contribution in [0.25, 0.3) is 76.9 Å². The second kappa shape index (κ2) is 12.5. The molecule has 0 unspecified atom stereocenters. The molecule has 0 saturated carbocycles. The first-order valence-electron chi connectivity index (χ1n) is 17.8. The van der Waals surface area contributed by atoms with Gasteiger partial charge in [0.1, 0.15) is 11.2 Å². The van der Waals surface area contributed by atoms with Gasteiger partial charge in [0, 0.05) is 22.1 Å². The van der Waals surface area contributed by atoms with E-state index < -0.39 is 0 Å². The summed E-state index contributed by atoms with van der Waals surface area (Å²) >= 11 is 0. The van der Waals surface area contributed by atoms with Gasteiger partial charge in [-0.25, -0.2) is 0 Å². The van der Waals surface area contributed by atoms with Crippen LogP contribution in [0.4, 0.5) is 17.1 Å². The third kappa shape index (κ3) is 5.12. The molecule has 0 fully saturated rings. The fourth-order valence-electron chi connectivity index (χ4n) is 7.70. The van der Waals surface area contributed by atoms with Gasteiger partial charge in [0.2, 0.25) is 0 Å². The molecule has 0 bridgehead atoms. The molecule has 52 heavy (non-hydrogen) atoms. The van der Waals surface area contributed by atoms with Crippen molar-refractivity contribution in [3.63, 3.8) is 0 Å². The lowest BCUT2D eigenvalue weighted by atomic mass is 9.95.